The molecule has 0 saturated carbocycles. The van der Waals surface area contributed by atoms with Gasteiger partial charge >= 0.3 is 0 Å². The lowest BCUT2D eigenvalue weighted by molar-refractivity contribution is 0.843. The Kier molecular flexibility index (Phi) is 2.27. The zero-order valence-corrected chi connectivity index (χ0v) is 7.74. The Morgan fingerprint density at radius 3 is 3.31 bits per heavy atom. The van der Waals surface area contributed by atoms with E-state index in [0.29, 0.717) is 5.78 Å². The number of nitrogens with zero attached hydrogens (tertiary/aromatic N) is 4. The smallest absolute Gasteiger partial charge is 0.220 e. The molecule has 0 aliphatic carbocycles. The molecule has 0 radical (unpaired) electrons. The Labute approximate surface area is 79.7 Å². The van der Waals surface area contributed by atoms with Gasteiger partial charge in [-0.05, 0) is 6.07 Å². The molecule has 4 nitrogen and oxygen atoms in total. The van der Waals surface area contributed by atoms with E-state index in [1.807, 2.05) is 12.1 Å². The van der Waals surface area contributed by atoms with Crippen LogP contribution in [0.5, 0.6) is 0 Å². The van der Waals surface area contributed by atoms with E-state index in [9.17, 15) is 0 Å². The lowest BCUT2D eigenvalue weighted by Gasteiger charge is -1.99. The van der Waals surface area contributed by atoms with Gasteiger partial charge in [0.25, 0.3) is 5.78 Å². The van der Waals surface area contributed by atoms with Gasteiger partial charge in [0.2, 0.25) is 0 Å². The summed E-state index contributed by atoms with van der Waals surface area (Å²) in [6.07, 6.45) is 5.09. The molecule has 0 saturated heterocycles. The maximum absolute atomic E-state index is 4.06. The largest absolute Gasteiger partial charge is 0.253 e. The minimum Gasteiger partial charge on any atom is -0.220 e. The molecule has 2 heterocycles. The predicted molar refractivity (Wildman–Crippen MR) is 51.7 cm³/mol. The first-order valence-corrected chi connectivity index (χ1v) is 4.79. The van der Waals surface area contributed by atoms with Crippen LogP contribution in [0.1, 0.15) is 0 Å². The molecule has 2 rings (SSSR count). The summed E-state index contributed by atoms with van der Waals surface area (Å²) in [6.45, 7) is 3.66. The van der Waals surface area contributed by atoms with Crippen molar-refractivity contribution in [1.82, 2.24) is 19.6 Å². The van der Waals surface area contributed by atoms with Crippen molar-refractivity contribution in [2.75, 3.05) is 5.75 Å². The minimum atomic E-state index is 0.633. The Bertz CT molecular complexity index is 423. The van der Waals surface area contributed by atoms with Gasteiger partial charge in [-0.15, -0.1) is 18.3 Å². The predicted octanol–water partition coefficient (Wildman–Crippen LogP) is 1.40. The van der Waals surface area contributed by atoms with E-state index < -0.39 is 0 Å². The van der Waals surface area contributed by atoms with Crippen LogP contribution in [0.25, 0.3) is 5.78 Å². The Balaban J connectivity index is 2.42. The van der Waals surface area contributed by atoms with Crippen LogP contribution in [0.3, 0.4) is 0 Å². The Morgan fingerprint density at radius 2 is 2.46 bits per heavy atom. The van der Waals surface area contributed by atoms with Gasteiger partial charge in [0.1, 0.15) is 11.4 Å². The quantitative estimate of drug-likeness (QED) is 0.419. The maximum Gasteiger partial charge on any atom is 0.253 e. The summed E-state index contributed by atoms with van der Waals surface area (Å²) in [5.74, 6) is 1.49. The number of fused-ring (bicyclic) bond motifs is 1. The molecule has 0 aromatic carbocycles. The van der Waals surface area contributed by atoms with Crippen LogP contribution in [0, 0.1) is 0 Å². The number of aromatic nitrogens is 4. The van der Waals surface area contributed by atoms with Crippen molar-refractivity contribution < 1.29 is 0 Å². The van der Waals surface area contributed by atoms with E-state index in [2.05, 4.69) is 21.6 Å². The zero-order chi connectivity index (χ0) is 9.10. The average Bonchev–Trinajstić information content (AvgIpc) is 2.62. The summed E-state index contributed by atoms with van der Waals surface area (Å²) in [5, 5.41) is 5.09. The summed E-state index contributed by atoms with van der Waals surface area (Å²) in [5.41, 5.74) is 0. The summed E-state index contributed by atoms with van der Waals surface area (Å²) in [4.78, 5) is 8.05. The van der Waals surface area contributed by atoms with Gasteiger partial charge in [0, 0.05) is 11.9 Å². The van der Waals surface area contributed by atoms with Crippen molar-refractivity contribution in [3.05, 3.63) is 31.2 Å². The molecule has 66 valence electrons. The second-order valence-electron chi connectivity index (χ2n) is 2.35. The average molecular weight is 192 g/mol. The fourth-order valence-electron chi connectivity index (χ4n) is 0.971. The number of hydrogen-bond donors (Lipinski definition) is 0. The first-order chi connectivity index (χ1) is 6.42. The molecule has 5 heteroatoms. The second kappa shape index (κ2) is 3.57. The molecule has 0 bridgehead atoms. The lowest BCUT2D eigenvalue weighted by Crippen LogP contribution is -1.94. The molecular formula is C8H8N4S. The van der Waals surface area contributed by atoms with Crippen LogP contribution >= 0.6 is 11.8 Å². The van der Waals surface area contributed by atoms with E-state index >= 15 is 0 Å². The molecular weight excluding hydrogens is 184 g/mol. The van der Waals surface area contributed by atoms with Crippen molar-refractivity contribution in [1.29, 1.82) is 0 Å². The van der Waals surface area contributed by atoms with Crippen LogP contribution in [0.4, 0.5) is 0 Å². The summed E-state index contributed by atoms with van der Waals surface area (Å²) in [6, 6.07) is 1.91. The van der Waals surface area contributed by atoms with E-state index in [4.69, 9.17) is 0 Å². The van der Waals surface area contributed by atoms with E-state index in [1.54, 1.807) is 22.5 Å². The summed E-state index contributed by atoms with van der Waals surface area (Å²) < 4.78 is 1.72. The van der Waals surface area contributed by atoms with Crippen molar-refractivity contribution in [3.8, 4) is 0 Å². The molecule has 0 amide bonds. The number of hydrogen-bond acceptors (Lipinski definition) is 4. The van der Waals surface area contributed by atoms with Gasteiger partial charge in [-0.3, -0.25) is 0 Å². The standard InChI is InChI=1S/C8H8N4S/c1-2-5-13-7-3-4-9-8-10-6-11-12(7)8/h2-4,6H,1,5H2. The van der Waals surface area contributed by atoms with Crippen molar-refractivity contribution in [2.45, 2.75) is 5.03 Å². The number of rotatable bonds is 3. The molecule has 13 heavy (non-hydrogen) atoms. The van der Waals surface area contributed by atoms with Gasteiger partial charge in [0.05, 0.1) is 0 Å². The fourth-order valence-corrected chi connectivity index (χ4v) is 1.67. The summed E-state index contributed by atoms with van der Waals surface area (Å²) >= 11 is 1.66. The minimum absolute atomic E-state index is 0.633. The van der Waals surface area contributed by atoms with E-state index in [1.165, 1.54) is 6.33 Å². The third kappa shape index (κ3) is 1.55. The highest BCUT2D eigenvalue weighted by atomic mass is 32.2. The third-order valence-electron chi connectivity index (χ3n) is 1.49. The van der Waals surface area contributed by atoms with Crippen LogP contribution in [-0.2, 0) is 0 Å². The highest BCUT2D eigenvalue weighted by Crippen LogP contribution is 2.16. The van der Waals surface area contributed by atoms with Gasteiger partial charge in [-0.2, -0.15) is 14.6 Å². The van der Waals surface area contributed by atoms with E-state index in [-0.39, 0.29) is 0 Å². The highest BCUT2D eigenvalue weighted by Gasteiger charge is 2.01. The highest BCUT2D eigenvalue weighted by molar-refractivity contribution is 7.99. The van der Waals surface area contributed by atoms with Crippen molar-refractivity contribution in [3.63, 3.8) is 0 Å². The molecule has 0 atom stereocenters. The van der Waals surface area contributed by atoms with Crippen LogP contribution in [0.2, 0.25) is 0 Å². The van der Waals surface area contributed by atoms with Crippen LogP contribution in [-0.4, -0.2) is 25.3 Å². The monoisotopic (exact) mass is 192 g/mol. The SMILES string of the molecule is C=CCSc1ccnc2ncnn12. The topological polar surface area (TPSA) is 43.1 Å². The Morgan fingerprint density at radius 1 is 1.54 bits per heavy atom. The van der Waals surface area contributed by atoms with Crippen LogP contribution < -0.4 is 0 Å². The maximum atomic E-state index is 4.06. The van der Waals surface area contributed by atoms with E-state index in [0.717, 1.165) is 10.8 Å². The second-order valence-corrected chi connectivity index (χ2v) is 3.39. The molecule has 0 unspecified atom stereocenters. The molecule has 0 fully saturated rings. The third-order valence-corrected chi connectivity index (χ3v) is 2.50. The first kappa shape index (κ1) is 8.25. The zero-order valence-electron chi connectivity index (χ0n) is 6.92. The van der Waals surface area contributed by atoms with Gasteiger partial charge < -0.3 is 0 Å². The van der Waals surface area contributed by atoms with Crippen molar-refractivity contribution in [2.24, 2.45) is 0 Å². The van der Waals surface area contributed by atoms with Crippen molar-refractivity contribution >= 4 is 17.5 Å². The molecule has 0 spiro atoms. The summed E-state index contributed by atoms with van der Waals surface area (Å²) in [7, 11) is 0. The van der Waals surface area contributed by atoms with Gasteiger partial charge in [-0.1, -0.05) is 6.08 Å². The Hall–Kier alpha value is -1.36. The molecule has 2 aromatic rings. The molecule has 0 N–H and O–H groups in total. The molecule has 2 aromatic heterocycles. The van der Waals surface area contributed by atoms with Crippen LogP contribution in [0.15, 0.2) is 36.3 Å². The lowest BCUT2D eigenvalue weighted by atomic mass is 10.7. The first-order valence-electron chi connectivity index (χ1n) is 3.80. The normalized spacial score (nSPS) is 10.5. The fraction of sp³-hybridized carbons (Fsp3) is 0.125. The van der Waals surface area contributed by atoms with Gasteiger partial charge in [-0.25, -0.2) is 4.98 Å². The molecule has 0 aliphatic rings. The number of thioether (sulfide) groups is 1. The van der Waals surface area contributed by atoms with Gasteiger partial charge in [0.15, 0.2) is 0 Å². The molecule has 0 aliphatic heterocycles.